The number of nitrogens with one attached hydrogen (secondary N) is 1. The van der Waals surface area contributed by atoms with Crippen molar-refractivity contribution in [2.75, 3.05) is 11.9 Å². The zero-order chi connectivity index (χ0) is 21.0. The Labute approximate surface area is 163 Å². The van der Waals surface area contributed by atoms with Crippen LogP contribution in [0.5, 0.6) is 0 Å². The first-order valence-corrected chi connectivity index (χ1v) is 8.50. The average Bonchev–Trinajstić information content (AvgIpc) is 3.12. The van der Waals surface area contributed by atoms with Crippen LogP contribution in [0.4, 0.5) is 18.9 Å². The summed E-state index contributed by atoms with van der Waals surface area (Å²) in [5, 5.41) is 6.26. The van der Waals surface area contributed by atoms with Crippen molar-refractivity contribution in [3.05, 3.63) is 77.6 Å². The number of carbonyl (C=O) groups is 2. The summed E-state index contributed by atoms with van der Waals surface area (Å²) in [5.74, 6) is -1.65. The molecule has 1 amide bonds. The number of hydrogen-bond donors (Lipinski definition) is 1. The Kier molecular flexibility index (Phi) is 5.67. The number of benzene rings is 2. The molecule has 6 nitrogen and oxygen atoms in total. The van der Waals surface area contributed by atoms with Crippen LogP contribution in [0, 0.1) is 6.92 Å². The van der Waals surface area contributed by atoms with Gasteiger partial charge < -0.3 is 10.1 Å². The molecule has 3 rings (SSSR count). The Hall–Kier alpha value is -3.62. The molecule has 0 aliphatic carbocycles. The molecular weight excluding hydrogens is 387 g/mol. The summed E-state index contributed by atoms with van der Waals surface area (Å²) in [4.78, 5) is 24.0. The molecule has 0 atom stereocenters. The van der Waals surface area contributed by atoms with Gasteiger partial charge in [0.1, 0.15) is 0 Å². The quantitative estimate of drug-likeness (QED) is 0.654. The van der Waals surface area contributed by atoms with Crippen molar-refractivity contribution in [3.8, 4) is 5.69 Å². The van der Waals surface area contributed by atoms with Gasteiger partial charge in [0.15, 0.2) is 6.61 Å². The van der Waals surface area contributed by atoms with Gasteiger partial charge in [0.2, 0.25) is 0 Å². The maximum absolute atomic E-state index is 13.0. The van der Waals surface area contributed by atoms with Gasteiger partial charge in [-0.05, 0) is 49.4 Å². The molecule has 1 heterocycles. The Morgan fingerprint density at radius 2 is 1.76 bits per heavy atom. The van der Waals surface area contributed by atoms with E-state index in [1.807, 2.05) is 13.0 Å². The smallest absolute Gasteiger partial charge is 0.418 e. The van der Waals surface area contributed by atoms with E-state index in [9.17, 15) is 22.8 Å². The molecule has 9 heteroatoms. The number of para-hydroxylation sites is 1. The van der Waals surface area contributed by atoms with Gasteiger partial charge in [-0.15, -0.1) is 0 Å². The molecule has 0 bridgehead atoms. The Balaban J connectivity index is 1.60. The van der Waals surface area contributed by atoms with Crippen LogP contribution in [-0.2, 0) is 15.7 Å². The number of carbonyl (C=O) groups excluding carboxylic acids is 2. The fourth-order valence-electron chi connectivity index (χ4n) is 2.62. The zero-order valence-corrected chi connectivity index (χ0v) is 15.2. The second kappa shape index (κ2) is 8.17. The third kappa shape index (κ3) is 4.81. The standard InChI is InChI=1S/C20H16F3N3O3/c1-13-10-11-24-26(13)15-8-6-14(7-9-15)19(28)29-12-18(27)25-17-5-3-2-4-16(17)20(21,22)23/h2-11H,12H2,1H3,(H,25,27). The summed E-state index contributed by atoms with van der Waals surface area (Å²) in [6.07, 6.45) is -2.97. The lowest BCUT2D eigenvalue weighted by molar-refractivity contribution is -0.137. The lowest BCUT2D eigenvalue weighted by atomic mass is 10.1. The Morgan fingerprint density at radius 3 is 2.38 bits per heavy atom. The van der Waals surface area contributed by atoms with Crippen molar-refractivity contribution in [1.82, 2.24) is 9.78 Å². The summed E-state index contributed by atoms with van der Waals surface area (Å²) in [7, 11) is 0. The van der Waals surface area contributed by atoms with E-state index in [1.165, 1.54) is 24.3 Å². The van der Waals surface area contributed by atoms with Crippen molar-refractivity contribution in [2.24, 2.45) is 0 Å². The fourth-order valence-corrected chi connectivity index (χ4v) is 2.62. The van der Waals surface area contributed by atoms with Gasteiger partial charge in [-0.1, -0.05) is 12.1 Å². The van der Waals surface area contributed by atoms with Crippen LogP contribution in [-0.4, -0.2) is 28.3 Å². The molecule has 1 aromatic heterocycles. The van der Waals surface area contributed by atoms with Crippen molar-refractivity contribution in [2.45, 2.75) is 13.1 Å². The van der Waals surface area contributed by atoms with Crippen LogP contribution >= 0.6 is 0 Å². The number of aryl methyl sites for hydroxylation is 1. The lowest BCUT2D eigenvalue weighted by Crippen LogP contribution is -2.22. The maximum Gasteiger partial charge on any atom is 0.418 e. The monoisotopic (exact) mass is 403 g/mol. The molecular formula is C20H16F3N3O3. The second-order valence-corrected chi connectivity index (χ2v) is 6.10. The molecule has 29 heavy (non-hydrogen) atoms. The van der Waals surface area contributed by atoms with Gasteiger partial charge in [0.25, 0.3) is 5.91 Å². The van der Waals surface area contributed by atoms with E-state index in [0.717, 1.165) is 23.5 Å². The molecule has 0 spiro atoms. The Morgan fingerprint density at radius 1 is 1.07 bits per heavy atom. The minimum atomic E-state index is -4.62. The van der Waals surface area contributed by atoms with E-state index in [2.05, 4.69) is 10.4 Å². The summed E-state index contributed by atoms with van der Waals surface area (Å²) < 4.78 is 45.4. The Bertz CT molecular complexity index is 1030. The lowest BCUT2D eigenvalue weighted by Gasteiger charge is -2.13. The molecule has 0 unspecified atom stereocenters. The minimum Gasteiger partial charge on any atom is -0.452 e. The SMILES string of the molecule is Cc1ccnn1-c1ccc(C(=O)OCC(=O)Nc2ccccc2C(F)(F)F)cc1. The average molecular weight is 403 g/mol. The van der Waals surface area contributed by atoms with Crippen molar-refractivity contribution >= 4 is 17.6 Å². The molecule has 0 fully saturated rings. The number of rotatable bonds is 5. The number of alkyl halides is 3. The summed E-state index contributed by atoms with van der Waals surface area (Å²) in [6, 6.07) is 12.7. The van der Waals surface area contributed by atoms with Gasteiger partial charge in [-0.3, -0.25) is 4.79 Å². The number of amides is 1. The highest BCUT2D eigenvalue weighted by atomic mass is 19.4. The van der Waals surface area contributed by atoms with Gasteiger partial charge in [0.05, 0.1) is 22.5 Å². The molecule has 0 saturated carbocycles. The molecule has 0 aliphatic heterocycles. The van der Waals surface area contributed by atoms with Crippen molar-refractivity contribution < 1.29 is 27.5 Å². The number of nitrogens with zero attached hydrogens (tertiary/aromatic N) is 2. The van der Waals surface area contributed by atoms with E-state index in [0.29, 0.717) is 0 Å². The van der Waals surface area contributed by atoms with Crippen LogP contribution in [0.3, 0.4) is 0 Å². The highest BCUT2D eigenvalue weighted by molar-refractivity contribution is 5.96. The van der Waals surface area contributed by atoms with Crippen LogP contribution in [0.2, 0.25) is 0 Å². The molecule has 0 aliphatic rings. The number of aromatic nitrogens is 2. The number of anilines is 1. The van der Waals surface area contributed by atoms with Gasteiger partial charge >= 0.3 is 12.1 Å². The van der Waals surface area contributed by atoms with Gasteiger partial charge in [0, 0.05) is 11.9 Å². The van der Waals surface area contributed by atoms with Gasteiger partial charge in [-0.25, -0.2) is 9.48 Å². The van der Waals surface area contributed by atoms with Crippen LogP contribution in [0.15, 0.2) is 60.8 Å². The molecule has 150 valence electrons. The van der Waals surface area contributed by atoms with E-state index in [1.54, 1.807) is 23.0 Å². The summed E-state index contributed by atoms with van der Waals surface area (Å²) >= 11 is 0. The molecule has 0 saturated heterocycles. The van der Waals surface area contributed by atoms with E-state index < -0.39 is 35.9 Å². The predicted octanol–water partition coefficient (Wildman–Crippen LogP) is 4.00. The van der Waals surface area contributed by atoms with Crippen molar-refractivity contribution in [1.29, 1.82) is 0 Å². The largest absolute Gasteiger partial charge is 0.452 e. The maximum atomic E-state index is 13.0. The third-order valence-electron chi connectivity index (χ3n) is 4.02. The van der Waals surface area contributed by atoms with E-state index in [4.69, 9.17) is 4.74 Å². The first-order chi connectivity index (χ1) is 13.8. The van der Waals surface area contributed by atoms with Crippen molar-refractivity contribution in [3.63, 3.8) is 0 Å². The van der Waals surface area contributed by atoms with Crippen LogP contribution in [0.25, 0.3) is 5.69 Å². The molecule has 2 aromatic carbocycles. The predicted molar refractivity (Wildman–Crippen MR) is 98.7 cm³/mol. The van der Waals surface area contributed by atoms with Crippen LogP contribution in [0.1, 0.15) is 21.6 Å². The summed E-state index contributed by atoms with van der Waals surface area (Å²) in [6.45, 7) is 1.16. The third-order valence-corrected chi connectivity index (χ3v) is 4.02. The number of hydrogen-bond acceptors (Lipinski definition) is 4. The minimum absolute atomic E-state index is 0.196. The number of halogens is 3. The van der Waals surface area contributed by atoms with E-state index >= 15 is 0 Å². The molecule has 1 N–H and O–H groups in total. The van der Waals surface area contributed by atoms with Crippen LogP contribution < -0.4 is 5.32 Å². The normalized spacial score (nSPS) is 11.2. The first-order valence-electron chi connectivity index (χ1n) is 8.50. The zero-order valence-electron chi connectivity index (χ0n) is 15.2. The summed E-state index contributed by atoms with van der Waals surface area (Å²) in [5.41, 5.74) is 0.466. The fraction of sp³-hybridized carbons (Fsp3) is 0.150. The highest BCUT2D eigenvalue weighted by Gasteiger charge is 2.33. The number of ether oxygens (including phenoxy) is 1. The first kappa shape index (κ1) is 20.1. The highest BCUT2D eigenvalue weighted by Crippen LogP contribution is 2.34. The number of esters is 1. The second-order valence-electron chi connectivity index (χ2n) is 6.10. The van der Waals surface area contributed by atoms with E-state index in [-0.39, 0.29) is 5.56 Å². The van der Waals surface area contributed by atoms with Gasteiger partial charge in [-0.2, -0.15) is 18.3 Å². The topological polar surface area (TPSA) is 73.2 Å². The molecule has 0 radical (unpaired) electrons. The molecule has 3 aromatic rings.